The maximum absolute atomic E-state index is 6.18. The summed E-state index contributed by atoms with van der Waals surface area (Å²) >= 11 is 13.9. The van der Waals surface area contributed by atoms with Gasteiger partial charge in [0.2, 0.25) is 0 Å². The normalized spacial score (nSPS) is 12.4. The van der Waals surface area contributed by atoms with Gasteiger partial charge in [0.25, 0.3) is 0 Å². The average molecular weight is 312 g/mol. The van der Waals surface area contributed by atoms with Crippen molar-refractivity contribution in [1.82, 2.24) is 0 Å². The summed E-state index contributed by atoms with van der Waals surface area (Å²) < 4.78 is 0. The molecule has 0 spiro atoms. The van der Waals surface area contributed by atoms with E-state index in [9.17, 15) is 0 Å². The van der Waals surface area contributed by atoms with Crippen molar-refractivity contribution in [3.05, 3.63) is 63.6 Å². The minimum absolute atomic E-state index is 0.127. The Bertz CT molecular complexity index is 555. The maximum Gasteiger partial charge on any atom is 0.0640 e. The number of hydrogen-bond donors (Lipinski definition) is 1. The van der Waals surface area contributed by atoms with Crippen LogP contribution in [0.4, 0.5) is 0 Å². The number of aryl methyl sites for hydroxylation is 1. The first-order chi connectivity index (χ1) is 9.08. The van der Waals surface area contributed by atoms with Crippen LogP contribution < -0.4 is 5.73 Å². The van der Waals surface area contributed by atoms with E-state index >= 15 is 0 Å². The molecule has 4 heteroatoms. The van der Waals surface area contributed by atoms with Crippen molar-refractivity contribution in [2.24, 2.45) is 5.73 Å². The summed E-state index contributed by atoms with van der Waals surface area (Å²) in [4.78, 5) is 1.21. The minimum Gasteiger partial charge on any atom is -0.323 e. The second kappa shape index (κ2) is 6.67. The predicted molar refractivity (Wildman–Crippen MR) is 85.3 cm³/mol. The molecule has 1 unspecified atom stereocenters. The Morgan fingerprint density at radius 1 is 1.11 bits per heavy atom. The van der Waals surface area contributed by atoms with E-state index in [-0.39, 0.29) is 6.04 Å². The van der Waals surface area contributed by atoms with Gasteiger partial charge in [-0.3, -0.25) is 0 Å². The molecule has 0 saturated carbocycles. The highest BCUT2D eigenvalue weighted by molar-refractivity contribution is 7.99. The summed E-state index contributed by atoms with van der Waals surface area (Å²) in [6, 6.07) is 13.8. The van der Waals surface area contributed by atoms with Crippen molar-refractivity contribution in [2.45, 2.75) is 17.9 Å². The topological polar surface area (TPSA) is 26.0 Å². The highest BCUT2D eigenvalue weighted by Gasteiger charge is 2.12. The van der Waals surface area contributed by atoms with Crippen LogP contribution >= 0.6 is 35.0 Å². The monoisotopic (exact) mass is 311 g/mol. The smallest absolute Gasteiger partial charge is 0.0640 e. The molecule has 0 heterocycles. The molecule has 1 nitrogen and oxygen atoms in total. The number of nitrogens with two attached hydrogens (primary N) is 1. The van der Waals surface area contributed by atoms with Crippen LogP contribution in [0.1, 0.15) is 17.2 Å². The maximum atomic E-state index is 6.18. The third-order valence-electron chi connectivity index (χ3n) is 2.83. The van der Waals surface area contributed by atoms with Gasteiger partial charge in [0.05, 0.1) is 10.0 Å². The first-order valence-corrected chi connectivity index (χ1v) is 7.71. The standard InChI is InChI=1S/C15H15Cl2NS/c1-10-5-7-11(8-6-10)19-9-14(18)12-3-2-4-13(16)15(12)17/h2-8,14H,9,18H2,1H3. The Labute approximate surface area is 128 Å². The summed E-state index contributed by atoms with van der Waals surface area (Å²) in [6.45, 7) is 2.08. The number of rotatable bonds is 4. The molecule has 0 fully saturated rings. The summed E-state index contributed by atoms with van der Waals surface area (Å²) in [7, 11) is 0. The molecule has 0 aliphatic heterocycles. The SMILES string of the molecule is Cc1ccc(SCC(N)c2cccc(Cl)c2Cl)cc1. The summed E-state index contributed by atoms with van der Waals surface area (Å²) in [5.41, 5.74) is 8.33. The van der Waals surface area contributed by atoms with Gasteiger partial charge in [-0.05, 0) is 30.7 Å². The highest BCUT2D eigenvalue weighted by atomic mass is 35.5. The van der Waals surface area contributed by atoms with Gasteiger partial charge in [-0.2, -0.15) is 0 Å². The van der Waals surface area contributed by atoms with E-state index in [2.05, 4.69) is 31.2 Å². The molecule has 0 saturated heterocycles. The van der Waals surface area contributed by atoms with E-state index in [0.717, 1.165) is 11.3 Å². The van der Waals surface area contributed by atoms with Gasteiger partial charge in [-0.15, -0.1) is 11.8 Å². The van der Waals surface area contributed by atoms with E-state index in [1.165, 1.54) is 10.5 Å². The van der Waals surface area contributed by atoms with Gasteiger partial charge in [0.15, 0.2) is 0 Å². The predicted octanol–water partition coefficient (Wildman–Crippen LogP) is 5.09. The van der Waals surface area contributed by atoms with E-state index < -0.39 is 0 Å². The molecule has 0 aliphatic rings. The van der Waals surface area contributed by atoms with Gasteiger partial charge in [-0.1, -0.05) is 53.0 Å². The second-order valence-electron chi connectivity index (χ2n) is 4.37. The van der Waals surface area contributed by atoms with Crippen LogP contribution in [-0.2, 0) is 0 Å². The van der Waals surface area contributed by atoms with Crippen molar-refractivity contribution in [2.75, 3.05) is 5.75 Å². The molecule has 2 rings (SSSR count). The van der Waals surface area contributed by atoms with E-state index in [4.69, 9.17) is 28.9 Å². The van der Waals surface area contributed by atoms with Crippen LogP contribution in [0.3, 0.4) is 0 Å². The quantitative estimate of drug-likeness (QED) is 0.795. The zero-order chi connectivity index (χ0) is 13.8. The Morgan fingerprint density at radius 2 is 1.79 bits per heavy atom. The van der Waals surface area contributed by atoms with Crippen LogP contribution in [0, 0.1) is 6.92 Å². The van der Waals surface area contributed by atoms with Crippen LogP contribution in [0.2, 0.25) is 10.0 Å². The van der Waals surface area contributed by atoms with E-state index in [0.29, 0.717) is 10.0 Å². The fourth-order valence-corrected chi connectivity index (χ4v) is 3.05. The average Bonchev–Trinajstić information content (AvgIpc) is 2.41. The van der Waals surface area contributed by atoms with E-state index in [1.54, 1.807) is 17.8 Å². The molecule has 0 aromatic heterocycles. The Morgan fingerprint density at radius 3 is 2.47 bits per heavy atom. The summed E-state index contributed by atoms with van der Waals surface area (Å²) in [5.74, 6) is 0.767. The van der Waals surface area contributed by atoms with Crippen LogP contribution in [0.15, 0.2) is 47.4 Å². The highest BCUT2D eigenvalue weighted by Crippen LogP contribution is 2.31. The molecule has 0 bridgehead atoms. The molecule has 100 valence electrons. The molecule has 1 atom stereocenters. The lowest BCUT2D eigenvalue weighted by atomic mass is 10.1. The second-order valence-corrected chi connectivity index (χ2v) is 6.25. The first-order valence-electron chi connectivity index (χ1n) is 5.97. The van der Waals surface area contributed by atoms with Crippen molar-refractivity contribution in [1.29, 1.82) is 0 Å². The molecule has 0 amide bonds. The molecule has 2 aromatic rings. The van der Waals surface area contributed by atoms with Gasteiger partial charge >= 0.3 is 0 Å². The van der Waals surface area contributed by atoms with Crippen LogP contribution in [0.25, 0.3) is 0 Å². The summed E-state index contributed by atoms with van der Waals surface area (Å²) in [5, 5.41) is 1.11. The van der Waals surface area contributed by atoms with Crippen molar-refractivity contribution < 1.29 is 0 Å². The lowest BCUT2D eigenvalue weighted by Crippen LogP contribution is -2.13. The molecule has 2 N–H and O–H groups in total. The number of thioether (sulfide) groups is 1. The van der Waals surface area contributed by atoms with Crippen molar-refractivity contribution in [3.8, 4) is 0 Å². The van der Waals surface area contributed by atoms with Gasteiger partial charge in [0, 0.05) is 16.7 Å². The van der Waals surface area contributed by atoms with Crippen LogP contribution in [0.5, 0.6) is 0 Å². The Hall–Kier alpha value is -0.670. The minimum atomic E-state index is -0.127. The lowest BCUT2D eigenvalue weighted by molar-refractivity contribution is 0.831. The van der Waals surface area contributed by atoms with Crippen molar-refractivity contribution >= 4 is 35.0 Å². The van der Waals surface area contributed by atoms with Gasteiger partial charge < -0.3 is 5.73 Å². The number of hydrogen-bond acceptors (Lipinski definition) is 2. The zero-order valence-electron chi connectivity index (χ0n) is 10.6. The Balaban J connectivity index is 2.03. The number of benzene rings is 2. The molecular weight excluding hydrogens is 297 g/mol. The number of halogens is 2. The molecule has 2 aromatic carbocycles. The largest absolute Gasteiger partial charge is 0.323 e. The van der Waals surface area contributed by atoms with Gasteiger partial charge in [-0.25, -0.2) is 0 Å². The first kappa shape index (κ1) is 14.7. The lowest BCUT2D eigenvalue weighted by Gasteiger charge is -2.14. The molecule has 19 heavy (non-hydrogen) atoms. The third kappa shape index (κ3) is 3.90. The van der Waals surface area contributed by atoms with Gasteiger partial charge in [0.1, 0.15) is 0 Å². The van der Waals surface area contributed by atoms with Crippen LogP contribution in [-0.4, -0.2) is 5.75 Å². The van der Waals surface area contributed by atoms with Crippen molar-refractivity contribution in [3.63, 3.8) is 0 Å². The Kier molecular flexibility index (Phi) is 5.17. The molecule has 0 aliphatic carbocycles. The zero-order valence-corrected chi connectivity index (χ0v) is 12.9. The summed E-state index contributed by atoms with van der Waals surface area (Å²) in [6.07, 6.45) is 0. The molecule has 0 radical (unpaired) electrons. The van der Waals surface area contributed by atoms with E-state index in [1.807, 2.05) is 12.1 Å². The fourth-order valence-electron chi connectivity index (χ4n) is 1.72. The third-order valence-corrected chi connectivity index (χ3v) is 4.80. The fraction of sp³-hybridized carbons (Fsp3) is 0.200. The molecular formula is C15H15Cl2NS.